The molecule has 0 bridgehead atoms. The Kier molecular flexibility index (Phi) is 5.67. The van der Waals surface area contributed by atoms with Crippen LogP contribution >= 0.6 is 0 Å². The molecule has 1 amide bonds. The second kappa shape index (κ2) is 8.58. The molecule has 198 valence electrons. The van der Waals surface area contributed by atoms with Gasteiger partial charge in [0.25, 0.3) is 5.91 Å². The Bertz CT molecular complexity index is 1320. The van der Waals surface area contributed by atoms with Crippen molar-refractivity contribution in [2.24, 2.45) is 13.0 Å². The van der Waals surface area contributed by atoms with Gasteiger partial charge in [-0.25, -0.2) is 4.39 Å². The molecule has 1 N–H and O–H groups in total. The number of amides is 1. The topological polar surface area (TPSA) is 76.2 Å². The average Bonchev–Trinajstić information content (AvgIpc) is 3.25. The fourth-order valence-electron chi connectivity index (χ4n) is 6.38. The van der Waals surface area contributed by atoms with E-state index in [9.17, 15) is 13.6 Å². The molecule has 2 atom stereocenters. The van der Waals surface area contributed by atoms with Crippen molar-refractivity contribution in [2.45, 2.75) is 68.5 Å². The van der Waals surface area contributed by atoms with Gasteiger partial charge in [0.2, 0.25) is 5.76 Å². The molecule has 2 aliphatic carbocycles. The molecule has 1 aromatic carbocycles. The zero-order valence-corrected chi connectivity index (χ0v) is 21.1. The van der Waals surface area contributed by atoms with E-state index in [0.29, 0.717) is 62.4 Å². The minimum atomic E-state index is -3.05. The average molecular weight is 516 g/mol. The monoisotopic (exact) mass is 515 g/mol. The number of aromatic nitrogens is 3. The van der Waals surface area contributed by atoms with Gasteiger partial charge in [0.15, 0.2) is 0 Å². The molecule has 0 spiro atoms. The van der Waals surface area contributed by atoms with Crippen molar-refractivity contribution < 1.29 is 22.5 Å². The molecule has 0 unspecified atom stereocenters. The highest BCUT2D eigenvalue weighted by Crippen LogP contribution is 2.59. The van der Waals surface area contributed by atoms with Gasteiger partial charge in [0.05, 0.1) is 16.8 Å². The molecule has 1 aliphatic heterocycles. The standard InChI is InChI=1S/C27H32F3N5O2/c1-25(28,29)23-12-22(33-37-23)27-13-17(27)14-35(16-27)11-10-26(30)8-6-18(7-9-26)31-24(36)19-4-3-5-21-20(19)15-34(2)32-21/h3-5,12,15,17-18H,6-11,13-14,16H2,1-2H3,(H,31,36)/t17-,18?,26?,27-/m0/s1. The van der Waals surface area contributed by atoms with E-state index in [1.165, 1.54) is 6.07 Å². The van der Waals surface area contributed by atoms with Crippen LogP contribution in [0.4, 0.5) is 13.2 Å². The van der Waals surface area contributed by atoms with Crippen molar-refractivity contribution in [3.63, 3.8) is 0 Å². The van der Waals surface area contributed by atoms with Gasteiger partial charge in [-0.2, -0.15) is 13.9 Å². The molecular weight excluding hydrogens is 483 g/mol. The maximum atomic E-state index is 15.7. The number of nitrogens with one attached hydrogen (secondary N) is 1. The van der Waals surface area contributed by atoms with Crippen molar-refractivity contribution in [3.05, 3.63) is 47.5 Å². The number of carbonyl (C=O) groups is 1. The van der Waals surface area contributed by atoms with Crippen LogP contribution in [-0.4, -0.2) is 57.1 Å². The molecule has 3 aromatic rings. The number of hydrogen-bond acceptors (Lipinski definition) is 5. The number of halogens is 3. The molecule has 3 heterocycles. The summed E-state index contributed by atoms with van der Waals surface area (Å²) in [5.41, 5.74) is 0.483. The Morgan fingerprint density at radius 1 is 1.30 bits per heavy atom. The zero-order chi connectivity index (χ0) is 26.0. The van der Waals surface area contributed by atoms with Crippen LogP contribution in [0.25, 0.3) is 10.9 Å². The van der Waals surface area contributed by atoms with E-state index >= 15 is 4.39 Å². The first-order chi connectivity index (χ1) is 17.5. The van der Waals surface area contributed by atoms with Gasteiger partial charge in [-0.05, 0) is 56.6 Å². The smallest absolute Gasteiger partial charge is 0.304 e. The number of hydrogen-bond donors (Lipinski definition) is 1. The lowest BCUT2D eigenvalue weighted by Crippen LogP contribution is -2.43. The first-order valence-electron chi connectivity index (χ1n) is 13.0. The summed E-state index contributed by atoms with van der Waals surface area (Å²) in [6.45, 7) is 2.97. The van der Waals surface area contributed by atoms with Crippen LogP contribution < -0.4 is 5.32 Å². The van der Waals surface area contributed by atoms with E-state index in [4.69, 9.17) is 4.52 Å². The Labute approximate surface area is 213 Å². The third kappa shape index (κ3) is 4.53. The van der Waals surface area contributed by atoms with Crippen molar-refractivity contribution in [1.82, 2.24) is 25.2 Å². The van der Waals surface area contributed by atoms with E-state index in [1.54, 1.807) is 10.7 Å². The Morgan fingerprint density at radius 3 is 2.81 bits per heavy atom. The van der Waals surface area contributed by atoms with Crippen molar-refractivity contribution in [1.29, 1.82) is 0 Å². The highest BCUT2D eigenvalue weighted by molar-refractivity contribution is 6.06. The van der Waals surface area contributed by atoms with Crippen LogP contribution in [0.5, 0.6) is 0 Å². The van der Waals surface area contributed by atoms with Gasteiger partial charge in [0.1, 0.15) is 5.67 Å². The summed E-state index contributed by atoms with van der Waals surface area (Å²) in [7, 11) is 1.83. The molecule has 37 heavy (non-hydrogen) atoms. The largest absolute Gasteiger partial charge is 0.355 e. The zero-order valence-electron chi connectivity index (χ0n) is 21.1. The van der Waals surface area contributed by atoms with Gasteiger partial charge in [0, 0.05) is 62.7 Å². The lowest BCUT2D eigenvalue weighted by molar-refractivity contribution is -0.0105. The van der Waals surface area contributed by atoms with E-state index in [2.05, 4.69) is 20.5 Å². The first kappa shape index (κ1) is 24.5. The van der Waals surface area contributed by atoms with Crippen molar-refractivity contribution in [3.8, 4) is 0 Å². The van der Waals surface area contributed by atoms with Crippen molar-refractivity contribution >= 4 is 16.8 Å². The SMILES string of the molecule is Cn1cc2c(C(=O)NC3CCC(F)(CCN4C[C@@H]5C[C@]5(c5cc(C(C)(F)F)on5)C4)CC3)cccc2n1. The molecule has 1 saturated heterocycles. The maximum Gasteiger partial charge on any atom is 0.304 e. The summed E-state index contributed by atoms with van der Waals surface area (Å²) in [6, 6.07) is 6.84. The summed E-state index contributed by atoms with van der Waals surface area (Å²) in [4.78, 5) is 15.2. The van der Waals surface area contributed by atoms with Crippen LogP contribution in [0.3, 0.4) is 0 Å². The summed E-state index contributed by atoms with van der Waals surface area (Å²) in [6.07, 6.45) is 5.22. The van der Waals surface area contributed by atoms with E-state index in [1.807, 2.05) is 25.4 Å². The minimum Gasteiger partial charge on any atom is -0.355 e. The van der Waals surface area contributed by atoms with Gasteiger partial charge in [-0.15, -0.1) is 0 Å². The number of nitrogens with zero attached hydrogens (tertiary/aromatic N) is 4. The molecule has 0 radical (unpaired) electrons. The lowest BCUT2D eigenvalue weighted by Gasteiger charge is -2.35. The molecule has 10 heteroatoms. The second-order valence-corrected chi connectivity index (χ2v) is 11.4. The van der Waals surface area contributed by atoms with Crippen LogP contribution in [0.2, 0.25) is 0 Å². The number of likely N-dealkylation sites (tertiary alicyclic amines) is 1. The maximum absolute atomic E-state index is 15.7. The fourth-order valence-corrected chi connectivity index (χ4v) is 6.38. The molecular formula is C27H32F3N5O2. The van der Waals surface area contributed by atoms with Gasteiger partial charge in [-0.1, -0.05) is 11.2 Å². The van der Waals surface area contributed by atoms with E-state index in [-0.39, 0.29) is 17.4 Å². The number of aryl methyl sites for hydroxylation is 1. The summed E-state index contributed by atoms with van der Waals surface area (Å²) < 4.78 is 49.4. The van der Waals surface area contributed by atoms with Crippen LogP contribution in [0, 0.1) is 5.92 Å². The van der Waals surface area contributed by atoms with Gasteiger partial charge >= 0.3 is 5.92 Å². The summed E-state index contributed by atoms with van der Waals surface area (Å²) in [5.74, 6) is -3.23. The Morgan fingerprint density at radius 2 is 2.08 bits per heavy atom. The minimum absolute atomic E-state index is 0.0518. The van der Waals surface area contributed by atoms with Crippen molar-refractivity contribution in [2.75, 3.05) is 19.6 Å². The van der Waals surface area contributed by atoms with Crippen LogP contribution in [0.1, 0.15) is 67.3 Å². The summed E-state index contributed by atoms with van der Waals surface area (Å²) in [5, 5.41) is 12.2. The molecule has 3 fully saturated rings. The highest BCUT2D eigenvalue weighted by Gasteiger charge is 2.62. The quantitative estimate of drug-likeness (QED) is 0.493. The van der Waals surface area contributed by atoms with Crippen LogP contribution in [0.15, 0.2) is 35.0 Å². The lowest BCUT2D eigenvalue weighted by atomic mass is 9.81. The number of rotatable bonds is 7. The number of piperidine rings is 1. The molecule has 3 aliphatic rings. The molecule has 7 nitrogen and oxygen atoms in total. The normalized spacial score (nSPS) is 30.0. The number of carbonyl (C=O) groups excluding carboxylic acids is 1. The highest BCUT2D eigenvalue weighted by atomic mass is 19.3. The second-order valence-electron chi connectivity index (χ2n) is 11.4. The molecule has 2 aromatic heterocycles. The summed E-state index contributed by atoms with van der Waals surface area (Å²) >= 11 is 0. The molecule has 2 saturated carbocycles. The molecule has 6 rings (SSSR count). The Hall–Kier alpha value is -2.88. The predicted octanol–water partition coefficient (Wildman–Crippen LogP) is 4.72. The van der Waals surface area contributed by atoms with Crippen LogP contribution in [-0.2, 0) is 18.4 Å². The van der Waals surface area contributed by atoms with Gasteiger partial charge < -0.3 is 14.7 Å². The first-order valence-corrected chi connectivity index (χ1v) is 13.0. The van der Waals surface area contributed by atoms with E-state index in [0.717, 1.165) is 30.8 Å². The fraction of sp³-hybridized carbons (Fsp3) is 0.593. The number of benzene rings is 1. The van der Waals surface area contributed by atoms with Gasteiger partial charge in [-0.3, -0.25) is 9.48 Å². The third-order valence-corrected chi connectivity index (χ3v) is 8.67. The van der Waals surface area contributed by atoms with E-state index < -0.39 is 17.4 Å². The predicted molar refractivity (Wildman–Crippen MR) is 131 cm³/mol. The number of alkyl halides is 3. The Balaban J connectivity index is 1.00. The number of fused-ring (bicyclic) bond motifs is 2. The third-order valence-electron chi connectivity index (χ3n) is 8.67.